The van der Waals surface area contributed by atoms with Crippen LogP contribution in [0.4, 0.5) is 0 Å². The van der Waals surface area contributed by atoms with Gasteiger partial charge in [-0.05, 0) is 18.2 Å². The lowest BCUT2D eigenvalue weighted by Gasteiger charge is -2.05. The topological polar surface area (TPSA) is 81.7 Å². The molecular formula is C14H12N2O2. The quantitative estimate of drug-likeness (QED) is 0.596. The molecule has 0 aliphatic rings. The zero-order chi connectivity index (χ0) is 13.7. The van der Waals surface area contributed by atoms with Crippen LogP contribution in [-0.4, -0.2) is 11.6 Å². The van der Waals surface area contributed by atoms with Crippen LogP contribution < -0.4 is 0 Å². The Kier molecular flexibility index (Phi) is 4.34. The first-order valence-corrected chi connectivity index (χ1v) is 5.49. The molecular weight excluding hydrogens is 228 g/mol. The van der Waals surface area contributed by atoms with Gasteiger partial charge in [-0.3, -0.25) is 9.59 Å². The molecule has 90 valence electrons. The summed E-state index contributed by atoms with van der Waals surface area (Å²) in [5.74, 6) is -0.813. The van der Waals surface area contributed by atoms with Crippen LogP contribution in [0.5, 0.6) is 0 Å². The summed E-state index contributed by atoms with van der Waals surface area (Å²) in [6, 6.07) is 8.04. The van der Waals surface area contributed by atoms with E-state index in [4.69, 9.17) is 10.5 Å². The molecule has 0 unspecified atom stereocenters. The second kappa shape index (κ2) is 5.75. The highest BCUT2D eigenvalue weighted by atomic mass is 16.1. The van der Waals surface area contributed by atoms with Gasteiger partial charge in [0.15, 0.2) is 5.78 Å². The van der Waals surface area contributed by atoms with Gasteiger partial charge in [0, 0.05) is 11.5 Å². The minimum Gasteiger partial charge on any atom is -0.299 e. The molecule has 0 heterocycles. The molecule has 0 bridgehead atoms. The van der Waals surface area contributed by atoms with Crippen molar-refractivity contribution < 1.29 is 9.59 Å². The fourth-order valence-electron chi connectivity index (χ4n) is 1.40. The van der Waals surface area contributed by atoms with E-state index in [0.29, 0.717) is 5.56 Å². The first kappa shape index (κ1) is 13.6. The van der Waals surface area contributed by atoms with E-state index in [2.05, 4.69) is 0 Å². The maximum atomic E-state index is 11.9. The van der Waals surface area contributed by atoms with Crippen LogP contribution in [0.25, 0.3) is 0 Å². The molecule has 0 atom stereocenters. The van der Waals surface area contributed by atoms with Crippen LogP contribution in [0.2, 0.25) is 0 Å². The van der Waals surface area contributed by atoms with E-state index >= 15 is 0 Å². The van der Waals surface area contributed by atoms with Gasteiger partial charge in [0.05, 0.1) is 29.7 Å². The smallest absolute Gasteiger partial charge is 0.171 e. The highest BCUT2D eigenvalue weighted by Gasteiger charge is 2.17. The van der Waals surface area contributed by atoms with E-state index in [-0.39, 0.29) is 29.2 Å². The average Bonchev–Trinajstić information content (AvgIpc) is 2.37. The summed E-state index contributed by atoms with van der Waals surface area (Å²) in [6.45, 7) is 3.43. The van der Waals surface area contributed by atoms with Crippen molar-refractivity contribution in [3.63, 3.8) is 0 Å². The standard InChI is InChI=1S/C14H12N2O2/c1-9(2)13(17)6-14(18)12-5-10(7-15)3-4-11(12)8-16/h3-5,9H,6H2,1-2H3. The molecule has 0 amide bonds. The first-order chi connectivity index (χ1) is 8.49. The molecule has 0 aromatic heterocycles. The summed E-state index contributed by atoms with van der Waals surface area (Å²) in [4.78, 5) is 23.4. The molecule has 18 heavy (non-hydrogen) atoms. The fourth-order valence-corrected chi connectivity index (χ4v) is 1.40. The monoisotopic (exact) mass is 240 g/mol. The van der Waals surface area contributed by atoms with E-state index < -0.39 is 5.78 Å². The number of hydrogen-bond donors (Lipinski definition) is 0. The summed E-state index contributed by atoms with van der Waals surface area (Å²) in [5.41, 5.74) is 0.635. The molecule has 0 spiro atoms. The number of ketones is 2. The van der Waals surface area contributed by atoms with Gasteiger partial charge in [-0.2, -0.15) is 10.5 Å². The van der Waals surface area contributed by atoms with Gasteiger partial charge in [-0.15, -0.1) is 0 Å². The SMILES string of the molecule is CC(C)C(=O)CC(=O)c1cc(C#N)ccc1C#N. The Morgan fingerprint density at radius 1 is 1.22 bits per heavy atom. The van der Waals surface area contributed by atoms with E-state index in [1.807, 2.05) is 12.1 Å². The molecule has 1 aromatic rings. The van der Waals surface area contributed by atoms with Crippen LogP contribution in [0.3, 0.4) is 0 Å². The van der Waals surface area contributed by atoms with E-state index in [1.54, 1.807) is 13.8 Å². The number of nitriles is 2. The Morgan fingerprint density at radius 3 is 2.39 bits per heavy atom. The molecule has 0 N–H and O–H groups in total. The number of nitrogens with zero attached hydrogens (tertiary/aromatic N) is 2. The van der Waals surface area contributed by atoms with E-state index in [9.17, 15) is 9.59 Å². The van der Waals surface area contributed by atoms with E-state index in [0.717, 1.165) is 0 Å². The van der Waals surface area contributed by atoms with Crippen molar-refractivity contribution in [2.75, 3.05) is 0 Å². The van der Waals surface area contributed by atoms with Gasteiger partial charge in [0.1, 0.15) is 5.78 Å². The Labute approximate surface area is 105 Å². The molecule has 0 aliphatic heterocycles. The largest absolute Gasteiger partial charge is 0.299 e. The third-order valence-electron chi connectivity index (χ3n) is 2.55. The van der Waals surface area contributed by atoms with Crippen molar-refractivity contribution in [1.29, 1.82) is 10.5 Å². The summed E-state index contributed by atoms with van der Waals surface area (Å²) in [7, 11) is 0. The molecule has 1 aromatic carbocycles. The van der Waals surface area contributed by atoms with Gasteiger partial charge < -0.3 is 0 Å². The lowest BCUT2D eigenvalue weighted by Crippen LogP contribution is -2.14. The van der Waals surface area contributed by atoms with Crippen LogP contribution >= 0.6 is 0 Å². The van der Waals surface area contributed by atoms with E-state index in [1.165, 1.54) is 18.2 Å². The van der Waals surface area contributed by atoms with Crippen molar-refractivity contribution in [2.24, 2.45) is 5.92 Å². The molecule has 0 saturated heterocycles. The fraction of sp³-hybridized carbons (Fsp3) is 0.286. The molecule has 0 saturated carbocycles. The number of hydrogen-bond acceptors (Lipinski definition) is 4. The molecule has 4 heteroatoms. The number of rotatable bonds is 4. The lowest BCUT2D eigenvalue weighted by molar-refractivity contribution is -0.121. The Bertz CT molecular complexity index is 574. The second-order valence-corrected chi connectivity index (χ2v) is 4.20. The zero-order valence-electron chi connectivity index (χ0n) is 10.2. The number of benzene rings is 1. The summed E-state index contributed by atoms with van der Waals surface area (Å²) < 4.78 is 0. The third kappa shape index (κ3) is 3.02. The number of Topliss-reactive ketones (excluding diaryl/α,β-unsaturated/α-hetero) is 2. The maximum Gasteiger partial charge on any atom is 0.171 e. The van der Waals surface area contributed by atoms with Gasteiger partial charge >= 0.3 is 0 Å². The highest BCUT2D eigenvalue weighted by molar-refractivity contribution is 6.09. The van der Waals surface area contributed by atoms with Crippen LogP contribution in [-0.2, 0) is 4.79 Å². The predicted octanol–water partition coefficient (Wildman–Crippen LogP) is 2.23. The minimum atomic E-state index is -0.414. The second-order valence-electron chi connectivity index (χ2n) is 4.20. The molecule has 1 rings (SSSR count). The zero-order valence-corrected chi connectivity index (χ0v) is 10.2. The highest BCUT2D eigenvalue weighted by Crippen LogP contribution is 2.14. The molecule has 4 nitrogen and oxygen atoms in total. The molecule has 0 fully saturated rings. The lowest BCUT2D eigenvalue weighted by atomic mass is 9.96. The first-order valence-electron chi connectivity index (χ1n) is 5.49. The van der Waals surface area contributed by atoms with Gasteiger partial charge in [0.25, 0.3) is 0 Å². The van der Waals surface area contributed by atoms with Crippen molar-refractivity contribution in [1.82, 2.24) is 0 Å². The van der Waals surface area contributed by atoms with Crippen LogP contribution in [0.15, 0.2) is 18.2 Å². The van der Waals surface area contributed by atoms with Crippen molar-refractivity contribution in [3.8, 4) is 12.1 Å². The third-order valence-corrected chi connectivity index (χ3v) is 2.55. The maximum absolute atomic E-state index is 11.9. The minimum absolute atomic E-state index is 0.144. The van der Waals surface area contributed by atoms with Crippen LogP contribution in [0.1, 0.15) is 41.8 Å². The molecule has 0 aliphatic carbocycles. The normalized spacial score (nSPS) is 9.61. The molecule has 0 radical (unpaired) electrons. The van der Waals surface area contributed by atoms with Crippen LogP contribution in [0, 0.1) is 28.6 Å². The van der Waals surface area contributed by atoms with Gasteiger partial charge in [-0.25, -0.2) is 0 Å². The predicted molar refractivity (Wildman–Crippen MR) is 64.7 cm³/mol. The van der Waals surface area contributed by atoms with Crippen molar-refractivity contribution in [2.45, 2.75) is 20.3 Å². The van der Waals surface area contributed by atoms with Gasteiger partial charge in [-0.1, -0.05) is 13.8 Å². The summed E-state index contributed by atoms with van der Waals surface area (Å²) in [5, 5.41) is 17.7. The van der Waals surface area contributed by atoms with Crippen molar-refractivity contribution in [3.05, 3.63) is 34.9 Å². The summed E-state index contributed by atoms with van der Waals surface area (Å²) in [6.07, 6.45) is -0.235. The number of carbonyl (C=O) groups excluding carboxylic acids is 2. The summed E-state index contributed by atoms with van der Waals surface area (Å²) >= 11 is 0. The average molecular weight is 240 g/mol. The van der Waals surface area contributed by atoms with Crippen molar-refractivity contribution >= 4 is 11.6 Å². The van der Waals surface area contributed by atoms with Gasteiger partial charge in [0.2, 0.25) is 0 Å². The Balaban J connectivity index is 3.09. The Morgan fingerprint density at radius 2 is 1.89 bits per heavy atom. The Hall–Kier alpha value is -2.46. The number of carbonyl (C=O) groups is 2.